The maximum Gasteiger partial charge on any atom is 0.156 e. The average molecular weight is 195 g/mol. The molecule has 0 aliphatic carbocycles. The van der Waals surface area contributed by atoms with E-state index >= 15 is 0 Å². The molecule has 1 heterocycles. The first kappa shape index (κ1) is 10.9. The summed E-state index contributed by atoms with van der Waals surface area (Å²) in [6.07, 6.45) is 5.33. The number of hydrogen-bond acceptors (Lipinski definition) is 4. The predicted molar refractivity (Wildman–Crippen MR) is 55.2 cm³/mol. The lowest BCUT2D eigenvalue weighted by atomic mass is 10.3. The van der Waals surface area contributed by atoms with Crippen LogP contribution in [0.25, 0.3) is 0 Å². The quantitative estimate of drug-likeness (QED) is 0.765. The molecule has 0 bridgehead atoms. The molecule has 0 aliphatic heterocycles. The molecule has 14 heavy (non-hydrogen) atoms. The Labute approximate surface area is 84.5 Å². The van der Waals surface area contributed by atoms with Crippen molar-refractivity contribution in [2.75, 3.05) is 6.54 Å². The van der Waals surface area contributed by atoms with Gasteiger partial charge in [0.2, 0.25) is 0 Å². The van der Waals surface area contributed by atoms with E-state index in [9.17, 15) is 0 Å². The standard InChI is InChI=1S/C10H17N3O/c1-8(2)14-9-6-12-10(13-7-9)4-3-5-11/h6-8H,3-5,11H2,1-2H3. The van der Waals surface area contributed by atoms with E-state index in [-0.39, 0.29) is 6.10 Å². The zero-order valence-corrected chi connectivity index (χ0v) is 8.73. The Kier molecular flexibility index (Phi) is 4.32. The van der Waals surface area contributed by atoms with Crippen molar-refractivity contribution in [3.8, 4) is 5.75 Å². The molecule has 0 unspecified atom stereocenters. The van der Waals surface area contributed by atoms with Crippen molar-refractivity contribution in [1.82, 2.24) is 9.97 Å². The fraction of sp³-hybridized carbons (Fsp3) is 0.600. The number of hydrogen-bond donors (Lipinski definition) is 1. The Morgan fingerprint density at radius 2 is 2.00 bits per heavy atom. The van der Waals surface area contributed by atoms with Crippen LogP contribution in [0.1, 0.15) is 26.1 Å². The van der Waals surface area contributed by atoms with Crippen LogP contribution in [0.3, 0.4) is 0 Å². The van der Waals surface area contributed by atoms with Crippen molar-refractivity contribution >= 4 is 0 Å². The highest BCUT2D eigenvalue weighted by atomic mass is 16.5. The van der Waals surface area contributed by atoms with Gasteiger partial charge in [-0.3, -0.25) is 0 Å². The van der Waals surface area contributed by atoms with Crippen molar-refractivity contribution in [1.29, 1.82) is 0 Å². The van der Waals surface area contributed by atoms with Crippen molar-refractivity contribution in [2.45, 2.75) is 32.8 Å². The number of aromatic nitrogens is 2. The lowest BCUT2D eigenvalue weighted by molar-refractivity contribution is 0.240. The topological polar surface area (TPSA) is 61.0 Å². The van der Waals surface area contributed by atoms with Gasteiger partial charge in [0.15, 0.2) is 5.75 Å². The van der Waals surface area contributed by atoms with E-state index in [2.05, 4.69) is 9.97 Å². The molecule has 0 aliphatic rings. The summed E-state index contributed by atoms with van der Waals surface area (Å²) in [5.41, 5.74) is 5.39. The van der Waals surface area contributed by atoms with Gasteiger partial charge in [0, 0.05) is 6.42 Å². The summed E-state index contributed by atoms with van der Waals surface area (Å²) in [7, 11) is 0. The second-order valence-electron chi connectivity index (χ2n) is 3.39. The Bertz CT molecular complexity index is 259. The van der Waals surface area contributed by atoms with Crippen molar-refractivity contribution < 1.29 is 4.74 Å². The van der Waals surface area contributed by atoms with Crippen LogP contribution in [-0.4, -0.2) is 22.6 Å². The molecule has 0 spiro atoms. The third kappa shape index (κ3) is 3.70. The Balaban J connectivity index is 2.50. The summed E-state index contributed by atoms with van der Waals surface area (Å²) < 4.78 is 5.42. The third-order valence-electron chi connectivity index (χ3n) is 1.66. The minimum absolute atomic E-state index is 0.161. The second-order valence-corrected chi connectivity index (χ2v) is 3.39. The molecule has 4 nitrogen and oxygen atoms in total. The number of aryl methyl sites for hydroxylation is 1. The van der Waals surface area contributed by atoms with Crippen LogP contribution in [0.15, 0.2) is 12.4 Å². The monoisotopic (exact) mass is 195 g/mol. The molecule has 2 N–H and O–H groups in total. The van der Waals surface area contributed by atoms with Gasteiger partial charge in [-0.05, 0) is 26.8 Å². The largest absolute Gasteiger partial charge is 0.488 e. The lowest BCUT2D eigenvalue weighted by Crippen LogP contribution is -2.07. The molecule has 0 aromatic carbocycles. The highest BCUT2D eigenvalue weighted by Gasteiger charge is 1.99. The zero-order chi connectivity index (χ0) is 10.4. The van der Waals surface area contributed by atoms with E-state index in [0.29, 0.717) is 6.54 Å². The van der Waals surface area contributed by atoms with E-state index in [0.717, 1.165) is 24.4 Å². The van der Waals surface area contributed by atoms with E-state index in [4.69, 9.17) is 10.5 Å². The van der Waals surface area contributed by atoms with Gasteiger partial charge in [-0.15, -0.1) is 0 Å². The van der Waals surface area contributed by atoms with Crippen LogP contribution in [0, 0.1) is 0 Å². The Morgan fingerprint density at radius 1 is 1.36 bits per heavy atom. The molecule has 0 radical (unpaired) electrons. The van der Waals surface area contributed by atoms with E-state index in [1.54, 1.807) is 12.4 Å². The van der Waals surface area contributed by atoms with E-state index in [1.165, 1.54) is 0 Å². The summed E-state index contributed by atoms with van der Waals surface area (Å²) in [6, 6.07) is 0. The van der Waals surface area contributed by atoms with Gasteiger partial charge in [-0.1, -0.05) is 0 Å². The molecular weight excluding hydrogens is 178 g/mol. The van der Waals surface area contributed by atoms with Crippen LogP contribution >= 0.6 is 0 Å². The minimum atomic E-state index is 0.161. The van der Waals surface area contributed by atoms with Crippen LogP contribution in [0.2, 0.25) is 0 Å². The maximum atomic E-state index is 5.42. The fourth-order valence-corrected chi connectivity index (χ4v) is 1.07. The van der Waals surface area contributed by atoms with Crippen molar-refractivity contribution in [2.24, 2.45) is 5.73 Å². The molecule has 4 heteroatoms. The molecule has 78 valence electrons. The minimum Gasteiger partial charge on any atom is -0.488 e. The van der Waals surface area contributed by atoms with Gasteiger partial charge in [0.1, 0.15) is 5.82 Å². The first-order valence-corrected chi connectivity index (χ1v) is 4.90. The fourth-order valence-electron chi connectivity index (χ4n) is 1.07. The van der Waals surface area contributed by atoms with Gasteiger partial charge in [0.25, 0.3) is 0 Å². The van der Waals surface area contributed by atoms with Crippen molar-refractivity contribution in [3.63, 3.8) is 0 Å². The van der Waals surface area contributed by atoms with Crippen LogP contribution in [-0.2, 0) is 6.42 Å². The SMILES string of the molecule is CC(C)Oc1cnc(CCCN)nc1. The van der Waals surface area contributed by atoms with Gasteiger partial charge >= 0.3 is 0 Å². The lowest BCUT2D eigenvalue weighted by Gasteiger charge is -2.08. The Hall–Kier alpha value is -1.16. The average Bonchev–Trinajstić information content (AvgIpc) is 2.16. The van der Waals surface area contributed by atoms with Gasteiger partial charge in [-0.2, -0.15) is 0 Å². The molecule has 0 atom stereocenters. The number of rotatable bonds is 5. The smallest absolute Gasteiger partial charge is 0.156 e. The highest BCUT2D eigenvalue weighted by Crippen LogP contribution is 2.08. The molecule has 1 rings (SSSR count). The predicted octanol–water partition coefficient (Wildman–Crippen LogP) is 1.16. The first-order chi connectivity index (χ1) is 6.72. The number of ether oxygens (including phenoxy) is 1. The molecule has 0 saturated carbocycles. The summed E-state index contributed by atoms with van der Waals surface area (Å²) >= 11 is 0. The summed E-state index contributed by atoms with van der Waals surface area (Å²) in [6.45, 7) is 4.62. The third-order valence-corrected chi connectivity index (χ3v) is 1.66. The van der Waals surface area contributed by atoms with Crippen molar-refractivity contribution in [3.05, 3.63) is 18.2 Å². The van der Waals surface area contributed by atoms with E-state index < -0.39 is 0 Å². The number of nitrogens with two attached hydrogens (primary N) is 1. The Morgan fingerprint density at radius 3 is 2.50 bits per heavy atom. The maximum absolute atomic E-state index is 5.42. The summed E-state index contributed by atoms with van der Waals surface area (Å²) in [5, 5.41) is 0. The molecule has 0 amide bonds. The molecule has 0 saturated heterocycles. The van der Waals surface area contributed by atoms with E-state index in [1.807, 2.05) is 13.8 Å². The molecule has 1 aromatic rings. The normalized spacial score (nSPS) is 10.6. The van der Waals surface area contributed by atoms with Gasteiger partial charge < -0.3 is 10.5 Å². The summed E-state index contributed by atoms with van der Waals surface area (Å²) in [4.78, 5) is 8.36. The second kappa shape index (κ2) is 5.54. The summed E-state index contributed by atoms with van der Waals surface area (Å²) in [5.74, 6) is 1.54. The van der Waals surface area contributed by atoms with Crippen LogP contribution < -0.4 is 10.5 Å². The van der Waals surface area contributed by atoms with Crippen LogP contribution in [0.4, 0.5) is 0 Å². The molecule has 0 fully saturated rings. The zero-order valence-electron chi connectivity index (χ0n) is 8.73. The molecular formula is C10H17N3O. The molecule has 1 aromatic heterocycles. The van der Waals surface area contributed by atoms with Gasteiger partial charge in [0.05, 0.1) is 18.5 Å². The van der Waals surface area contributed by atoms with Gasteiger partial charge in [-0.25, -0.2) is 9.97 Å². The first-order valence-electron chi connectivity index (χ1n) is 4.90. The number of nitrogens with zero attached hydrogens (tertiary/aromatic N) is 2. The highest BCUT2D eigenvalue weighted by molar-refractivity contribution is 5.12. The van der Waals surface area contributed by atoms with Crippen LogP contribution in [0.5, 0.6) is 5.75 Å².